The molecule has 3 N–H and O–H groups in total. The average Bonchev–Trinajstić information content (AvgIpc) is 3.38. The van der Waals surface area contributed by atoms with E-state index in [4.69, 9.17) is 20.6 Å². The zero-order valence-electron chi connectivity index (χ0n) is 20.0. The van der Waals surface area contributed by atoms with Crippen LogP contribution in [0.15, 0.2) is 10.7 Å². The first-order valence-corrected chi connectivity index (χ1v) is 12.4. The SMILES string of the molecule is CC(C)(C)CC1CC(/C(ON)=C(/SC(CCC(=O)O)CC(=O)OC(C)(C)C)C2CC2)C1. The molecule has 31 heavy (non-hydrogen) atoms. The molecule has 2 rings (SSSR count). The highest BCUT2D eigenvalue weighted by atomic mass is 32.2. The van der Waals surface area contributed by atoms with Crippen LogP contribution in [-0.4, -0.2) is 27.9 Å². The quantitative estimate of drug-likeness (QED) is 0.236. The average molecular weight is 456 g/mol. The van der Waals surface area contributed by atoms with Gasteiger partial charge in [-0.25, -0.2) is 0 Å². The summed E-state index contributed by atoms with van der Waals surface area (Å²) < 4.78 is 5.49. The van der Waals surface area contributed by atoms with E-state index in [1.807, 2.05) is 20.8 Å². The van der Waals surface area contributed by atoms with Crippen LogP contribution in [0.25, 0.3) is 0 Å². The van der Waals surface area contributed by atoms with Gasteiger partial charge in [-0.3, -0.25) is 9.59 Å². The zero-order chi connectivity index (χ0) is 23.4. The molecular weight excluding hydrogens is 414 g/mol. The molecule has 2 aliphatic carbocycles. The summed E-state index contributed by atoms with van der Waals surface area (Å²) in [4.78, 5) is 30.2. The van der Waals surface area contributed by atoms with Gasteiger partial charge in [0.15, 0.2) is 0 Å². The first-order valence-electron chi connectivity index (χ1n) is 11.5. The van der Waals surface area contributed by atoms with Gasteiger partial charge in [-0.1, -0.05) is 20.8 Å². The summed E-state index contributed by atoms with van der Waals surface area (Å²) in [6, 6.07) is 0. The van der Waals surface area contributed by atoms with Crippen LogP contribution in [0.5, 0.6) is 0 Å². The molecular formula is C24H41NO5S. The summed E-state index contributed by atoms with van der Waals surface area (Å²) in [5.41, 5.74) is -0.250. The third-order valence-electron chi connectivity index (χ3n) is 5.61. The first kappa shape index (κ1) is 26.0. The van der Waals surface area contributed by atoms with Gasteiger partial charge in [0.25, 0.3) is 0 Å². The lowest BCUT2D eigenvalue weighted by molar-refractivity contribution is -0.155. The van der Waals surface area contributed by atoms with Gasteiger partial charge in [0, 0.05) is 22.5 Å². The molecule has 0 spiro atoms. The molecule has 0 heterocycles. The van der Waals surface area contributed by atoms with Crippen LogP contribution in [0.4, 0.5) is 0 Å². The predicted octanol–water partition coefficient (Wildman–Crippen LogP) is 5.66. The van der Waals surface area contributed by atoms with E-state index >= 15 is 0 Å². The largest absolute Gasteiger partial charge is 0.481 e. The van der Waals surface area contributed by atoms with E-state index in [1.165, 1.54) is 6.42 Å². The Morgan fingerprint density at radius 3 is 2.16 bits per heavy atom. The van der Waals surface area contributed by atoms with Crippen LogP contribution in [0.3, 0.4) is 0 Å². The highest BCUT2D eigenvalue weighted by molar-refractivity contribution is 8.03. The van der Waals surface area contributed by atoms with Crippen molar-refractivity contribution in [2.75, 3.05) is 0 Å². The van der Waals surface area contributed by atoms with Crippen molar-refractivity contribution in [3.63, 3.8) is 0 Å². The van der Waals surface area contributed by atoms with E-state index in [1.54, 1.807) is 11.8 Å². The topological polar surface area (TPSA) is 98.9 Å². The highest BCUT2D eigenvalue weighted by Gasteiger charge is 2.40. The monoisotopic (exact) mass is 455 g/mol. The number of carbonyl (C=O) groups excluding carboxylic acids is 1. The fourth-order valence-electron chi connectivity index (χ4n) is 4.27. The van der Waals surface area contributed by atoms with Gasteiger partial charge in [-0.15, -0.1) is 11.8 Å². The van der Waals surface area contributed by atoms with Crippen LogP contribution < -0.4 is 5.90 Å². The number of rotatable bonds is 11. The van der Waals surface area contributed by atoms with E-state index in [-0.39, 0.29) is 24.1 Å². The minimum absolute atomic E-state index is 0.0221. The molecule has 0 aromatic rings. The number of carbonyl (C=O) groups is 2. The number of esters is 1. The summed E-state index contributed by atoms with van der Waals surface area (Å²) in [6.07, 6.45) is 6.13. The molecule has 1 atom stereocenters. The van der Waals surface area contributed by atoms with Gasteiger partial charge in [0.05, 0.1) is 6.42 Å². The smallest absolute Gasteiger partial charge is 0.307 e. The molecule has 0 radical (unpaired) electrons. The van der Waals surface area contributed by atoms with Crippen LogP contribution in [0.1, 0.15) is 92.9 Å². The molecule has 0 aliphatic heterocycles. The van der Waals surface area contributed by atoms with E-state index < -0.39 is 11.6 Å². The van der Waals surface area contributed by atoms with Crippen molar-refractivity contribution in [1.82, 2.24) is 0 Å². The molecule has 0 aromatic carbocycles. The summed E-state index contributed by atoms with van der Waals surface area (Å²) in [5.74, 6) is 6.88. The van der Waals surface area contributed by atoms with Crippen molar-refractivity contribution in [3.8, 4) is 0 Å². The van der Waals surface area contributed by atoms with E-state index in [0.29, 0.717) is 29.6 Å². The fraction of sp³-hybridized carbons (Fsp3) is 0.833. The Morgan fingerprint density at radius 2 is 1.71 bits per heavy atom. The Bertz CT molecular complexity index is 666. The minimum Gasteiger partial charge on any atom is -0.481 e. The van der Waals surface area contributed by atoms with Gasteiger partial charge in [-0.05, 0) is 76.5 Å². The molecule has 0 bridgehead atoms. The summed E-state index contributed by atoms with van der Waals surface area (Å²) in [6.45, 7) is 12.3. The standard InChI is InChI=1S/C24H41NO5S/c1-23(2,3)14-15-11-17(12-15)21(30-25)22(16-7-8-16)31-18(9-10-19(26)27)13-20(28)29-24(4,5)6/h15-18H,7-14,25H2,1-6H3,(H,26,27)/b22-21-. The van der Waals surface area contributed by atoms with Crippen molar-refractivity contribution >= 4 is 23.7 Å². The van der Waals surface area contributed by atoms with Crippen LogP contribution in [0, 0.1) is 23.2 Å². The van der Waals surface area contributed by atoms with Crippen LogP contribution in [-0.2, 0) is 19.2 Å². The number of aliphatic carboxylic acids is 1. The molecule has 6 nitrogen and oxygen atoms in total. The van der Waals surface area contributed by atoms with E-state index in [9.17, 15) is 9.59 Å². The highest BCUT2D eigenvalue weighted by Crippen LogP contribution is 2.52. The maximum absolute atomic E-state index is 12.4. The van der Waals surface area contributed by atoms with Crippen LogP contribution >= 0.6 is 11.8 Å². The number of hydrogen-bond donors (Lipinski definition) is 2. The summed E-state index contributed by atoms with van der Waals surface area (Å²) >= 11 is 1.59. The van der Waals surface area contributed by atoms with Crippen molar-refractivity contribution in [1.29, 1.82) is 0 Å². The van der Waals surface area contributed by atoms with Crippen molar-refractivity contribution in [2.45, 2.75) is 104 Å². The van der Waals surface area contributed by atoms with E-state index in [2.05, 4.69) is 20.8 Å². The molecule has 0 aromatic heterocycles. The number of ether oxygens (including phenoxy) is 1. The number of thioether (sulfide) groups is 1. The lowest BCUT2D eigenvalue weighted by Gasteiger charge is -2.40. The molecule has 2 saturated carbocycles. The summed E-state index contributed by atoms with van der Waals surface area (Å²) in [7, 11) is 0. The lowest BCUT2D eigenvalue weighted by Crippen LogP contribution is -2.31. The molecule has 0 amide bonds. The molecule has 2 fully saturated rings. The van der Waals surface area contributed by atoms with Crippen molar-refractivity contribution < 1.29 is 24.3 Å². The third-order valence-corrected chi connectivity index (χ3v) is 7.14. The summed E-state index contributed by atoms with van der Waals surface area (Å²) in [5, 5.41) is 9.00. The van der Waals surface area contributed by atoms with Crippen LogP contribution in [0.2, 0.25) is 0 Å². The Morgan fingerprint density at radius 1 is 1.10 bits per heavy atom. The Hall–Kier alpha value is -1.21. The number of carboxylic acid groups (broad SMARTS) is 1. The normalized spacial score (nSPS) is 23.5. The number of carboxylic acids is 1. The molecule has 1 unspecified atom stereocenters. The second-order valence-electron chi connectivity index (χ2n) is 11.4. The lowest BCUT2D eigenvalue weighted by atomic mass is 9.67. The number of allylic oxidation sites excluding steroid dienone is 2. The van der Waals surface area contributed by atoms with Gasteiger partial charge in [0.1, 0.15) is 11.4 Å². The predicted molar refractivity (Wildman–Crippen MR) is 124 cm³/mol. The Labute approximate surface area is 191 Å². The van der Waals surface area contributed by atoms with Gasteiger partial charge in [0.2, 0.25) is 0 Å². The van der Waals surface area contributed by atoms with Crippen molar-refractivity contribution in [3.05, 3.63) is 10.7 Å². The molecule has 7 heteroatoms. The fourth-order valence-corrected chi connectivity index (χ4v) is 5.85. The second kappa shape index (κ2) is 10.6. The second-order valence-corrected chi connectivity index (χ2v) is 12.7. The zero-order valence-corrected chi connectivity index (χ0v) is 20.8. The van der Waals surface area contributed by atoms with E-state index in [0.717, 1.165) is 36.3 Å². The molecule has 0 saturated heterocycles. The van der Waals surface area contributed by atoms with Gasteiger partial charge < -0.3 is 14.7 Å². The van der Waals surface area contributed by atoms with Crippen molar-refractivity contribution in [2.24, 2.45) is 29.1 Å². The minimum atomic E-state index is -0.856. The third kappa shape index (κ3) is 9.44. The number of nitrogens with two attached hydrogens (primary N) is 1. The molecule has 2 aliphatic rings. The maximum atomic E-state index is 12.4. The van der Waals surface area contributed by atoms with Gasteiger partial charge >= 0.3 is 11.9 Å². The molecule has 178 valence electrons. The Balaban J connectivity index is 2.11. The number of hydrogen-bond acceptors (Lipinski definition) is 6. The van der Waals surface area contributed by atoms with Gasteiger partial charge in [-0.2, -0.15) is 5.90 Å². The first-order chi connectivity index (χ1) is 14.3. The maximum Gasteiger partial charge on any atom is 0.307 e. The Kier molecular flexibility index (Phi) is 8.91.